The molecule has 1 aliphatic rings. The molecule has 124 valence electrons. The van der Waals surface area contributed by atoms with Crippen LogP contribution in [0.4, 0.5) is 5.82 Å². The lowest BCUT2D eigenvalue weighted by Crippen LogP contribution is -2.46. The van der Waals surface area contributed by atoms with Crippen molar-refractivity contribution in [1.29, 1.82) is 0 Å². The van der Waals surface area contributed by atoms with Crippen molar-refractivity contribution in [3.05, 3.63) is 17.6 Å². The normalized spacial score (nSPS) is 17.2. The summed E-state index contributed by atoms with van der Waals surface area (Å²) in [5, 5.41) is 0. The fourth-order valence-electron chi connectivity index (χ4n) is 2.84. The summed E-state index contributed by atoms with van der Waals surface area (Å²) >= 11 is 0. The summed E-state index contributed by atoms with van der Waals surface area (Å²) in [7, 11) is -1.41. The van der Waals surface area contributed by atoms with E-state index in [1.54, 1.807) is 18.3 Å². The molecule has 0 atom stereocenters. The number of hydrogen-bond donors (Lipinski definition) is 0. The Morgan fingerprint density at radius 2 is 1.91 bits per heavy atom. The number of sulfonamides is 1. The monoisotopic (exact) mass is 326 g/mol. The molecule has 0 aromatic carbocycles. The lowest BCUT2D eigenvalue weighted by Gasteiger charge is -2.36. The maximum absolute atomic E-state index is 12.0. The Morgan fingerprint density at radius 3 is 2.45 bits per heavy atom. The summed E-state index contributed by atoms with van der Waals surface area (Å²) in [5.74, 6) is 1.92. The Morgan fingerprint density at radius 1 is 1.27 bits per heavy atom. The van der Waals surface area contributed by atoms with Crippen molar-refractivity contribution in [1.82, 2.24) is 14.3 Å². The first-order valence-corrected chi connectivity index (χ1v) is 9.53. The van der Waals surface area contributed by atoms with Gasteiger partial charge in [-0.3, -0.25) is 0 Å². The van der Waals surface area contributed by atoms with Gasteiger partial charge >= 0.3 is 0 Å². The molecule has 0 radical (unpaired) electrons. The number of piperidine rings is 1. The Kier molecular flexibility index (Phi) is 5.39. The molecule has 0 N–H and O–H groups in total. The second-order valence-corrected chi connectivity index (χ2v) is 8.07. The van der Waals surface area contributed by atoms with Crippen LogP contribution in [0.15, 0.2) is 6.07 Å². The van der Waals surface area contributed by atoms with Gasteiger partial charge in [0.25, 0.3) is 0 Å². The number of rotatable bonds is 5. The number of aryl methyl sites for hydroxylation is 2. The first-order chi connectivity index (χ1) is 10.4. The molecule has 1 saturated heterocycles. The van der Waals surface area contributed by atoms with Crippen molar-refractivity contribution in [2.24, 2.45) is 0 Å². The SMILES string of the molecule is CCc1cc(N2CCC(N(C)S(=O)(=O)CC)CC2)nc(C)n1. The molecule has 0 bridgehead atoms. The van der Waals surface area contributed by atoms with E-state index < -0.39 is 10.0 Å². The van der Waals surface area contributed by atoms with Gasteiger partial charge in [-0.05, 0) is 33.1 Å². The van der Waals surface area contributed by atoms with Crippen LogP contribution in [0.3, 0.4) is 0 Å². The van der Waals surface area contributed by atoms with Gasteiger partial charge in [0.1, 0.15) is 11.6 Å². The Balaban J connectivity index is 2.05. The fourth-order valence-corrected chi connectivity index (χ4v) is 3.92. The van der Waals surface area contributed by atoms with E-state index in [-0.39, 0.29) is 11.8 Å². The van der Waals surface area contributed by atoms with Crippen molar-refractivity contribution in [3.63, 3.8) is 0 Å². The quantitative estimate of drug-likeness (QED) is 0.822. The van der Waals surface area contributed by atoms with Gasteiger partial charge in [-0.25, -0.2) is 22.7 Å². The van der Waals surface area contributed by atoms with Gasteiger partial charge in [-0.15, -0.1) is 0 Å². The molecule has 0 amide bonds. The molecule has 22 heavy (non-hydrogen) atoms. The van der Waals surface area contributed by atoms with Gasteiger partial charge in [0.2, 0.25) is 10.0 Å². The van der Waals surface area contributed by atoms with Crippen molar-refractivity contribution < 1.29 is 8.42 Å². The first-order valence-electron chi connectivity index (χ1n) is 7.92. The molecule has 7 heteroatoms. The third-order valence-electron chi connectivity index (χ3n) is 4.35. The Hall–Kier alpha value is -1.21. The van der Waals surface area contributed by atoms with Gasteiger partial charge in [-0.1, -0.05) is 6.92 Å². The highest BCUT2D eigenvalue weighted by atomic mass is 32.2. The van der Waals surface area contributed by atoms with Crippen LogP contribution in [0.1, 0.15) is 38.2 Å². The van der Waals surface area contributed by atoms with E-state index in [2.05, 4.69) is 21.8 Å². The van der Waals surface area contributed by atoms with E-state index in [4.69, 9.17) is 0 Å². The minimum atomic E-state index is -3.11. The summed E-state index contributed by atoms with van der Waals surface area (Å²) < 4.78 is 25.5. The van der Waals surface area contributed by atoms with Crippen molar-refractivity contribution in [2.45, 2.75) is 46.1 Å². The smallest absolute Gasteiger partial charge is 0.213 e. The van der Waals surface area contributed by atoms with E-state index in [0.29, 0.717) is 0 Å². The Labute approximate surface area is 133 Å². The number of nitrogens with zero attached hydrogens (tertiary/aromatic N) is 4. The third kappa shape index (κ3) is 3.76. The molecule has 0 spiro atoms. The highest BCUT2D eigenvalue weighted by molar-refractivity contribution is 7.89. The predicted molar refractivity (Wildman–Crippen MR) is 88.6 cm³/mol. The molecule has 1 fully saturated rings. The van der Waals surface area contributed by atoms with Gasteiger partial charge < -0.3 is 4.90 Å². The number of anilines is 1. The summed E-state index contributed by atoms with van der Waals surface area (Å²) in [6.45, 7) is 7.35. The summed E-state index contributed by atoms with van der Waals surface area (Å²) in [5.41, 5.74) is 1.05. The Bertz CT molecular complexity index is 610. The molecule has 1 aliphatic heterocycles. The zero-order valence-corrected chi connectivity index (χ0v) is 14.7. The molecule has 1 aromatic heterocycles. The van der Waals surface area contributed by atoms with Gasteiger partial charge in [0, 0.05) is 37.9 Å². The minimum Gasteiger partial charge on any atom is -0.356 e. The van der Waals surface area contributed by atoms with Crippen LogP contribution in [0, 0.1) is 6.92 Å². The molecule has 0 saturated carbocycles. The predicted octanol–water partition coefficient (Wildman–Crippen LogP) is 1.60. The molecular formula is C15H26N4O2S. The van der Waals surface area contributed by atoms with E-state index in [9.17, 15) is 8.42 Å². The largest absolute Gasteiger partial charge is 0.356 e. The molecule has 2 rings (SSSR count). The second-order valence-electron chi connectivity index (χ2n) is 5.75. The van der Waals surface area contributed by atoms with Crippen LogP contribution in [-0.2, 0) is 16.4 Å². The standard InChI is InChI=1S/C15H26N4O2S/c1-5-13-11-15(17-12(3)16-13)19-9-7-14(8-10-19)18(4)22(20,21)6-2/h11,14H,5-10H2,1-4H3. The van der Waals surface area contributed by atoms with Crippen molar-refractivity contribution in [3.8, 4) is 0 Å². The van der Waals surface area contributed by atoms with Gasteiger partial charge in [0.05, 0.1) is 5.75 Å². The van der Waals surface area contributed by atoms with Crippen molar-refractivity contribution >= 4 is 15.8 Å². The first kappa shape index (κ1) is 17.1. The molecule has 0 aliphatic carbocycles. The summed E-state index contributed by atoms with van der Waals surface area (Å²) in [4.78, 5) is 11.2. The van der Waals surface area contributed by atoms with Crippen LogP contribution in [-0.4, -0.2) is 54.6 Å². The van der Waals surface area contributed by atoms with E-state index >= 15 is 0 Å². The molecule has 1 aromatic rings. The summed E-state index contributed by atoms with van der Waals surface area (Å²) in [6, 6.07) is 2.13. The number of aromatic nitrogens is 2. The van der Waals surface area contributed by atoms with Crippen LogP contribution in [0.25, 0.3) is 0 Å². The highest BCUT2D eigenvalue weighted by Crippen LogP contribution is 2.22. The second kappa shape index (κ2) is 6.91. The van der Waals surface area contributed by atoms with Crippen molar-refractivity contribution in [2.75, 3.05) is 30.8 Å². The summed E-state index contributed by atoms with van der Waals surface area (Å²) in [6.07, 6.45) is 2.56. The maximum Gasteiger partial charge on any atom is 0.213 e. The maximum atomic E-state index is 12.0. The zero-order valence-electron chi connectivity index (χ0n) is 13.9. The van der Waals surface area contributed by atoms with E-state index in [1.807, 2.05) is 13.0 Å². The molecular weight excluding hydrogens is 300 g/mol. The lowest BCUT2D eigenvalue weighted by molar-refractivity contribution is 0.312. The highest BCUT2D eigenvalue weighted by Gasteiger charge is 2.29. The zero-order chi connectivity index (χ0) is 16.3. The van der Waals surface area contributed by atoms with E-state index in [1.165, 1.54) is 0 Å². The average molecular weight is 326 g/mol. The van der Waals surface area contributed by atoms with Crippen LogP contribution in [0.2, 0.25) is 0 Å². The number of hydrogen-bond acceptors (Lipinski definition) is 5. The van der Waals surface area contributed by atoms with Crippen LogP contribution < -0.4 is 4.90 Å². The topological polar surface area (TPSA) is 66.4 Å². The van der Waals surface area contributed by atoms with Gasteiger partial charge in [-0.2, -0.15) is 0 Å². The van der Waals surface area contributed by atoms with Gasteiger partial charge in [0.15, 0.2) is 0 Å². The minimum absolute atomic E-state index is 0.0924. The average Bonchev–Trinajstić information content (AvgIpc) is 2.53. The van der Waals surface area contributed by atoms with Crippen LogP contribution >= 0.6 is 0 Å². The lowest BCUT2D eigenvalue weighted by atomic mass is 10.1. The third-order valence-corrected chi connectivity index (χ3v) is 6.25. The van der Waals surface area contributed by atoms with E-state index in [0.717, 1.165) is 49.7 Å². The molecule has 0 unspecified atom stereocenters. The molecule has 6 nitrogen and oxygen atoms in total. The molecule has 2 heterocycles. The van der Waals surface area contributed by atoms with Crippen LogP contribution in [0.5, 0.6) is 0 Å². The fraction of sp³-hybridized carbons (Fsp3) is 0.733.